The molecule has 0 aliphatic heterocycles. The largest absolute Gasteiger partial charge is 0.469 e. The van der Waals surface area contributed by atoms with Crippen molar-refractivity contribution < 1.29 is 4.42 Å². The van der Waals surface area contributed by atoms with E-state index in [9.17, 15) is 0 Å². The van der Waals surface area contributed by atoms with Crippen molar-refractivity contribution in [3.8, 4) is 0 Å². The van der Waals surface area contributed by atoms with Crippen molar-refractivity contribution in [2.45, 2.75) is 25.9 Å². The topological polar surface area (TPSA) is 51.2 Å². The van der Waals surface area contributed by atoms with Crippen LogP contribution in [0.1, 0.15) is 18.2 Å². The second-order valence-electron chi connectivity index (χ2n) is 4.46. The molecule has 96 valence electrons. The van der Waals surface area contributed by atoms with Gasteiger partial charge in [0.15, 0.2) is 0 Å². The van der Waals surface area contributed by atoms with Crippen LogP contribution in [0.25, 0.3) is 0 Å². The number of nitrogens with one attached hydrogen (secondary N) is 1. The summed E-state index contributed by atoms with van der Waals surface area (Å²) >= 11 is 5.96. The van der Waals surface area contributed by atoms with Gasteiger partial charge in [-0.3, -0.25) is 0 Å². The maximum Gasteiger partial charge on any atom is 0.105 e. The van der Waals surface area contributed by atoms with E-state index in [4.69, 9.17) is 21.8 Å². The van der Waals surface area contributed by atoms with E-state index in [-0.39, 0.29) is 0 Å². The number of halogens is 1. The van der Waals surface area contributed by atoms with Crippen LogP contribution in [0, 0.1) is 0 Å². The van der Waals surface area contributed by atoms with Crippen LogP contribution in [0.5, 0.6) is 0 Å². The van der Waals surface area contributed by atoms with Gasteiger partial charge in [0.2, 0.25) is 0 Å². The first-order valence-electron chi connectivity index (χ1n) is 5.94. The number of nitrogen functional groups attached to an aromatic ring is 1. The molecule has 3 N–H and O–H groups in total. The third-order valence-corrected chi connectivity index (χ3v) is 2.94. The molecule has 3 nitrogen and oxygen atoms in total. The normalized spacial score (nSPS) is 12.6. The maximum absolute atomic E-state index is 5.96. The zero-order valence-electron chi connectivity index (χ0n) is 10.3. The van der Waals surface area contributed by atoms with E-state index < -0.39 is 0 Å². The van der Waals surface area contributed by atoms with Gasteiger partial charge in [-0.25, -0.2) is 0 Å². The molecule has 0 aliphatic carbocycles. The Morgan fingerprint density at radius 2 is 2.22 bits per heavy atom. The Balaban J connectivity index is 1.87. The zero-order valence-corrected chi connectivity index (χ0v) is 11.1. The SMILES string of the molecule is CC(Cc1ccco1)NCc1cc(N)cc(Cl)c1. The number of hydrogen-bond acceptors (Lipinski definition) is 3. The van der Waals surface area contributed by atoms with E-state index in [2.05, 4.69) is 12.2 Å². The van der Waals surface area contributed by atoms with Crippen molar-refractivity contribution in [3.05, 3.63) is 52.9 Å². The summed E-state index contributed by atoms with van der Waals surface area (Å²) in [6.45, 7) is 2.86. The van der Waals surface area contributed by atoms with Gasteiger partial charge in [-0.15, -0.1) is 0 Å². The third kappa shape index (κ3) is 3.79. The van der Waals surface area contributed by atoms with E-state index in [1.54, 1.807) is 12.3 Å². The Morgan fingerprint density at radius 3 is 2.89 bits per heavy atom. The van der Waals surface area contributed by atoms with Crippen molar-refractivity contribution >= 4 is 17.3 Å². The van der Waals surface area contributed by atoms with Gasteiger partial charge < -0.3 is 15.5 Å². The fourth-order valence-corrected chi connectivity index (χ4v) is 2.14. The molecule has 0 amide bonds. The number of anilines is 1. The van der Waals surface area contributed by atoms with E-state index in [1.165, 1.54) is 0 Å². The van der Waals surface area contributed by atoms with E-state index >= 15 is 0 Å². The third-order valence-electron chi connectivity index (χ3n) is 2.72. The van der Waals surface area contributed by atoms with E-state index in [1.807, 2.05) is 24.3 Å². The van der Waals surface area contributed by atoms with Crippen molar-refractivity contribution in [2.75, 3.05) is 5.73 Å². The minimum Gasteiger partial charge on any atom is -0.469 e. The van der Waals surface area contributed by atoms with Crippen LogP contribution in [0.3, 0.4) is 0 Å². The van der Waals surface area contributed by atoms with Gasteiger partial charge in [-0.1, -0.05) is 11.6 Å². The summed E-state index contributed by atoms with van der Waals surface area (Å²) in [5.41, 5.74) is 7.53. The second kappa shape index (κ2) is 5.94. The molecule has 1 unspecified atom stereocenters. The highest BCUT2D eigenvalue weighted by Gasteiger charge is 2.05. The molecule has 4 heteroatoms. The molecule has 1 atom stereocenters. The lowest BCUT2D eigenvalue weighted by atomic mass is 10.1. The van der Waals surface area contributed by atoms with E-state index in [0.717, 1.165) is 24.3 Å². The van der Waals surface area contributed by atoms with Crippen molar-refractivity contribution in [1.29, 1.82) is 0 Å². The van der Waals surface area contributed by atoms with Crippen LogP contribution in [-0.4, -0.2) is 6.04 Å². The Bertz CT molecular complexity index is 476. The summed E-state index contributed by atoms with van der Waals surface area (Å²) in [6.07, 6.45) is 2.56. The average Bonchev–Trinajstić information content (AvgIpc) is 2.78. The molecule has 1 aromatic heterocycles. The highest BCUT2D eigenvalue weighted by atomic mass is 35.5. The molecule has 0 aliphatic rings. The van der Waals surface area contributed by atoms with Crippen LogP contribution in [0.2, 0.25) is 5.02 Å². The van der Waals surface area contributed by atoms with Gasteiger partial charge in [0.1, 0.15) is 5.76 Å². The maximum atomic E-state index is 5.96. The lowest BCUT2D eigenvalue weighted by Crippen LogP contribution is -2.27. The highest BCUT2D eigenvalue weighted by Crippen LogP contribution is 2.16. The number of rotatable bonds is 5. The Morgan fingerprint density at radius 1 is 1.39 bits per heavy atom. The van der Waals surface area contributed by atoms with Crippen LogP contribution in [-0.2, 0) is 13.0 Å². The lowest BCUT2D eigenvalue weighted by Gasteiger charge is -2.13. The predicted octanol–water partition coefficient (Wildman–Crippen LogP) is 3.24. The van der Waals surface area contributed by atoms with Gasteiger partial charge in [-0.05, 0) is 42.8 Å². The van der Waals surface area contributed by atoms with Crippen molar-refractivity contribution in [2.24, 2.45) is 0 Å². The number of nitrogens with two attached hydrogens (primary N) is 1. The molecule has 0 bridgehead atoms. The van der Waals surface area contributed by atoms with Gasteiger partial charge in [0.05, 0.1) is 6.26 Å². The molecule has 0 spiro atoms. The molecular weight excluding hydrogens is 248 g/mol. The molecule has 0 fully saturated rings. The first-order chi connectivity index (χ1) is 8.63. The van der Waals surface area contributed by atoms with Crippen LogP contribution < -0.4 is 11.1 Å². The fraction of sp³-hybridized carbons (Fsp3) is 0.286. The first-order valence-corrected chi connectivity index (χ1v) is 6.32. The van der Waals surface area contributed by atoms with Gasteiger partial charge >= 0.3 is 0 Å². The summed E-state index contributed by atoms with van der Waals surface area (Å²) in [4.78, 5) is 0. The average molecular weight is 265 g/mol. The molecular formula is C14H17ClN2O. The van der Waals surface area contributed by atoms with Crippen LogP contribution in [0.15, 0.2) is 41.0 Å². The molecule has 1 heterocycles. The van der Waals surface area contributed by atoms with E-state index in [0.29, 0.717) is 16.8 Å². The minimum atomic E-state index is 0.330. The predicted molar refractivity (Wildman–Crippen MR) is 74.6 cm³/mol. The Labute approximate surface area is 112 Å². The molecule has 1 aromatic carbocycles. The molecule has 0 saturated carbocycles. The standard InChI is InChI=1S/C14H17ClN2O/c1-10(5-14-3-2-4-18-14)17-9-11-6-12(15)8-13(16)7-11/h2-4,6-8,10,17H,5,9,16H2,1H3. The van der Waals surface area contributed by atoms with Gasteiger partial charge in [0.25, 0.3) is 0 Å². The summed E-state index contributed by atoms with van der Waals surface area (Å²) in [5, 5.41) is 4.09. The number of benzene rings is 1. The summed E-state index contributed by atoms with van der Waals surface area (Å²) < 4.78 is 5.31. The summed E-state index contributed by atoms with van der Waals surface area (Å²) in [5.74, 6) is 0.987. The molecule has 0 radical (unpaired) electrons. The number of furan rings is 1. The zero-order chi connectivity index (χ0) is 13.0. The van der Waals surface area contributed by atoms with Crippen LogP contribution >= 0.6 is 11.6 Å². The summed E-state index contributed by atoms with van der Waals surface area (Å²) in [6, 6.07) is 9.81. The monoisotopic (exact) mass is 264 g/mol. The fourth-order valence-electron chi connectivity index (χ4n) is 1.87. The first kappa shape index (κ1) is 13.0. The number of hydrogen-bond donors (Lipinski definition) is 2. The molecule has 18 heavy (non-hydrogen) atoms. The van der Waals surface area contributed by atoms with Gasteiger partial charge in [-0.2, -0.15) is 0 Å². The molecule has 2 aromatic rings. The molecule has 0 saturated heterocycles. The van der Waals surface area contributed by atoms with Crippen LogP contribution in [0.4, 0.5) is 5.69 Å². The highest BCUT2D eigenvalue weighted by molar-refractivity contribution is 6.30. The lowest BCUT2D eigenvalue weighted by molar-refractivity contribution is 0.456. The van der Waals surface area contributed by atoms with Crippen molar-refractivity contribution in [1.82, 2.24) is 5.32 Å². The van der Waals surface area contributed by atoms with Gasteiger partial charge in [0, 0.05) is 29.7 Å². The molecule has 2 rings (SSSR count). The van der Waals surface area contributed by atoms with Crippen molar-refractivity contribution in [3.63, 3.8) is 0 Å². The Kier molecular flexibility index (Phi) is 4.28. The quantitative estimate of drug-likeness (QED) is 0.815. The Hall–Kier alpha value is -1.45. The smallest absolute Gasteiger partial charge is 0.105 e. The second-order valence-corrected chi connectivity index (χ2v) is 4.89. The minimum absolute atomic E-state index is 0.330. The summed E-state index contributed by atoms with van der Waals surface area (Å²) in [7, 11) is 0.